The van der Waals surface area contributed by atoms with Crippen LogP contribution >= 0.6 is 0 Å². The van der Waals surface area contributed by atoms with E-state index in [0.717, 1.165) is 5.56 Å². The number of rotatable bonds is 6. The van der Waals surface area contributed by atoms with E-state index >= 15 is 0 Å². The van der Waals surface area contributed by atoms with E-state index in [4.69, 9.17) is 4.74 Å². The minimum atomic E-state index is -4.91. The van der Waals surface area contributed by atoms with Crippen LogP contribution in [0.15, 0.2) is 42.7 Å². The number of aromatic nitrogens is 1. The fraction of sp³-hybridized carbons (Fsp3) is 0.500. The summed E-state index contributed by atoms with van der Waals surface area (Å²) in [6, 6.07) is 4.98. The van der Waals surface area contributed by atoms with Crippen molar-refractivity contribution in [3.05, 3.63) is 65.0 Å². The zero-order valence-corrected chi connectivity index (χ0v) is 18.8. The van der Waals surface area contributed by atoms with E-state index in [1.54, 1.807) is 24.5 Å². The number of ether oxygens (including phenoxy) is 1. The number of amides is 1. The minimum Gasteiger partial charge on any atom is -0.372 e. The molecule has 2 aliphatic heterocycles. The summed E-state index contributed by atoms with van der Waals surface area (Å²) in [5, 5.41) is 6.32. The summed E-state index contributed by atoms with van der Waals surface area (Å²) in [6.07, 6.45) is -5.44. The van der Waals surface area contributed by atoms with E-state index in [2.05, 4.69) is 15.6 Å². The molecule has 2 aromatic rings. The Morgan fingerprint density at radius 2 is 1.69 bits per heavy atom. The second-order valence-electron chi connectivity index (χ2n) is 9.34. The molecular weight excluding hydrogens is 476 g/mol. The van der Waals surface area contributed by atoms with Gasteiger partial charge in [-0.05, 0) is 67.6 Å². The number of fused-ring (bicyclic) bond motifs is 2. The van der Waals surface area contributed by atoms with Crippen molar-refractivity contribution in [2.24, 2.45) is 5.92 Å². The molecule has 1 aromatic heterocycles. The van der Waals surface area contributed by atoms with Gasteiger partial charge in [-0.25, -0.2) is 0 Å². The first-order valence-corrected chi connectivity index (χ1v) is 11.2. The number of hydrogen-bond acceptors (Lipinski definition) is 4. The molecule has 4 atom stereocenters. The van der Waals surface area contributed by atoms with Gasteiger partial charge in [0.25, 0.3) is 0 Å². The summed E-state index contributed by atoms with van der Waals surface area (Å²) in [4.78, 5) is 16.8. The lowest BCUT2D eigenvalue weighted by molar-refractivity contribution is -0.143. The second-order valence-corrected chi connectivity index (χ2v) is 9.34. The number of halogens is 6. The first kappa shape index (κ1) is 25.4. The average Bonchev–Trinajstić information content (AvgIpc) is 3.07. The molecule has 190 valence electrons. The molecule has 1 amide bonds. The van der Waals surface area contributed by atoms with Crippen LogP contribution < -0.4 is 10.6 Å². The SMILES string of the molecule is CC12CC(C(=O)NCc3ccncc3)C(CCC1OCc1cc(C(F)(F)F)cc(C(F)(F)F)c1)N2. The van der Waals surface area contributed by atoms with E-state index in [1.807, 2.05) is 6.92 Å². The number of carbonyl (C=O) groups is 1. The van der Waals surface area contributed by atoms with Crippen molar-refractivity contribution in [3.63, 3.8) is 0 Å². The highest BCUT2D eigenvalue weighted by Gasteiger charge is 2.52. The number of nitrogens with zero attached hydrogens (tertiary/aromatic N) is 1. The van der Waals surface area contributed by atoms with Gasteiger partial charge in [0.05, 0.1) is 29.8 Å². The van der Waals surface area contributed by atoms with Gasteiger partial charge in [-0.1, -0.05) is 0 Å². The van der Waals surface area contributed by atoms with Gasteiger partial charge in [-0.3, -0.25) is 9.78 Å². The Kier molecular flexibility index (Phi) is 6.85. The van der Waals surface area contributed by atoms with Crippen LogP contribution in [-0.2, 0) is 35.0 Å². The van der Waals surface area contributed by atoms with Gasteiger partial charge in [0, 0.05) is 30.5 Å². The summed E-state index contributed by atoms with van der Waals surface area (Å²) >= 11 is 0. The standard InChI is InChI=1S/C24H25F6N3O2/c1-22-11-18(21(34)32-12-14-4-6-31-7-5-14)19(33-22)2-3-20(22)35-13-15-8-16(23(25,26)27)10-17(9-15)24(28,29)30/h4-10,18-20,33H,2-3,11-13H2,1H3,(H,32,34). The molecule has 4 rings (SSSR count). The monoisotopic (exact) mass is 501 g/mol. The Morgan fingerprint density at radius 1 is 1.06 bits per heavy atom. The molecule has 2 saturated heterocycles. The maximum absolute atomic E-state index is 13.1. The lowest BCUT2D eigenvalue weighted by Crippen LogP contribution is -2.55. The lowest BCUT2D eigenvalue weighted by atomic mass is 9.88. The van der Waals surface area contributed by atoms with Gasteiger partial charge in [0.1, 0.15) is 0 Å². The van der Waals surface area contributed by atoms with Crippen LogP contribution in [0.3, 0.4) is 0 Å². The minimum absolute atomic E-state index is 0.0809. The molecule has 0 aliphatic carbocycles. The van der Waals surface area contributed by atoms with Gasteiger partial charge in [-0.15, -0.1) is 0 Å². The topological polar surface area (TPSA) is 63.2 Å². The number of piperidine rings is 1. The summed E-state index contributed by atoms with van der Waals surface area (Å²) in [5.74, 6) is -0.433. The highest BCUT2D eigenvalue weighted by Crippen LogP contribution is 2.42. The zero-order valence-electron chi connectivity index (χ0n) is 18.8. The quantitative estimate of drug-likeness (QED) is 0.556. The molecule has 2 N–H and O–H groups in total. The van der Waals surface area contributed by atoms with Gasteiger partial charge >= 0.3 is 12.4 Å². The maximum atomic E-state index is 13.1. The summed E-state index contributed by atoms with van der Waals surface area (Å²) in [5.41, 5.74) is -2.66. The van der Waals surface area contributed by atoms with Gasteiger partial charge in [0.2, 0.25) is 5.91 Å². The number of alkyl halides is 6. The number of nitrogens with one attached hydrogen (secondary N) is 2. The van der Waals surface area contributed by atoms with E-state index < -0.39 is 41.7 Å². The molecule has 1 aromatic carbocycles. The highest BCUT2D eigenvalue weighted by atomic mass is 19.4. The molecule has 11 heteroatoms. The molecule has 2 aliphatic rings. The molecular formula is C24H25F6N3O2. The Labute approximate surface area is 198 Å². The lowest BCUT2D eigenvalue weighted by Gasteiger charge is -2.39. The predicted octanol–water partition coefficient (Wildman–Crippen LogP) is 4.85. The van der Waals surface area contributed by atoms with E-state index in [-0.39, 0.29) is 29.5 Å². The Hall–Kier alpha value is -2.66. The number of hydrogen-bond donors (Lipinski definition) is 2. The largest absolute Gasteiger partial charge is 0.416 e. The Bertz CT molecular complexity index is 1030. The summed E-state index contributed by atoms with van der Waals surface area (Å²) in [7, 11) is 0. The van der Waals surface area contributed by atoms with Gasteiger partial charge < -0.3 is 15.4 Å². The molecule has 3 heterocycles. The average molecular weight is 501 g/mol. The number of benzene rings is 1. The van der Waals surface area contributed by atoms with Crippen LogP contribution in [0, 0.1) is 5.92 Å². The fourth-order valence-electron chi connectivity index (χ4n) is 4.99. The molecule has 0 saturated carbocycles. The maximum Gasteiger partial charge on any atom is 0.416 e. The van der Waals surface area contributed by atoms with Crippen LogP contribution in [0.4, 0.5) is 26.3 Å². The third-order valence-corrected chi connectivity index (χ3v) is 6.75. The molecule has 4 unspecified atom stereocenters. The van der Waals surface area contributed by atoms with Crippen molar-refractivity contribution in [1.82, 2.24) is 15.6 Å². The van der Waals surface area contributed by atoms with Crippen molar-refractivity contribution >= 4 is 5.91 Å². The van der Waals surface area contributed by atoms with Crippen molar-refractivity contribution in [2.45, 2.75) is 69.4 Å². The Balaban J connectivity index is 1.42. The normalized spacial score (nSPS) is 26.5. The van der Waals surface area contributed by atoms with Crippen LogP contribution in [-0.4, -0.2) is 28.6 Å². The molecule has 35 heavy (non-hydrogen) atoms. The number of pyridine rings is 1. The smallest absolute Gasteiger partial charge is 0.372 e. The van der Waals surface area contributed by atoms with E-state index in [9.17, 15) is 31.1 Å². The second kappa shape index (κ2) is 9.42. The molecule has 2 bridgehead atoms. The first-order valence-electron chi connectivity index (χ1n) is 11.2. The molecule has 5 nitrogen and oxygen atoms in total. The summed E-state index contributed by atoms with van der Waals surface area (Å²) in [6.45, 7) is 1.82. The van der Waals surface area contributed by atoms with Gasteiger partial charge in [0.15, 0.2) is 0 Å². The van der Waals surface area contributed by atoms with Gasteiger partial charge in [-0.2, -0.15) is 26.3 Å². The zero-order chi connectivity index (χ0) is 25.4. The highest BCUT2D eigenvalue weighted by molar-refractivity contribution is 5.80. The third-order valence-electron chi connectivity index (χ3n) is 6.75. The van der Waals surface area contributed by atoms with E-state index in [0.29, 0.717) is 37.9 Å². The van der Waals surface area contributed by atoms with Crippen LogP contribution in [0.1, 0.15) is 48.4 Å². The van der Waals surface area contributed by atoms with Crippen LogP contribution in [0.5, 0.6) is 0 Å². The number of carbonyl (C=O) groups excluding carboxylic acids is 1. The van der Waals surface area contributed by atoms with Crippen molar-refractivity contribution in [2.75, 3.05) is 0 Å². The van der Waals surface area contributed by atoms with E-state index in [1.165, 1.54) is 0 Å². The van der Waals surface area contributed by atoms with Crippen molar-refractivity contribution in [3.8, 4) is 0 Å². The fourth-order valence-corrected chi connectivity index (χ4v) is 4.99. The third kappa shape index (κ3) is 5.78. The molecule has 0 spiro atoms. The van der Waals surface area contributed by atoms with Crippen molar-refractivity contribution < 1.29 is 35.9 Å². The van der Waals surface area contributed by atoms with Crippen LogP contribution in [0.25, 0.3) is 0 Å². The molecule has 0 radical (unpaired) electrons. The molecule has 2 fully saturated rings. The Morgan fingerprint density at radius 3 is 2.29 bits per heavy atom. The summed E-state index contributed by atoms with van der Waals surface area (Å²) < 4.78 is 84.7. The first-order chi connectivity index (χ1) is 16.3. The predicted molar refractivity (Wildman–Crippen MR) is 114 cm³/mol. The van der Waals surface area contributed by atoms with Crippen molar-refractivity contribution in [1.29, 1.82) is 0 Å². The van der Waals surface area contributed by atoms with Crippen LogP contribution in [0.2, 0.25) is 0 Å².